The first-order chi connectivity index (χ1) is 7.59. The molecule has 88 valence electrons. The maximum atomic E-state index is 5.72. The fraction of sp³-hybridized carbons (Fsp3) is 0.417. The molecule has 3 nitrogen and oxygen atoms in total. The highest BCUT2D eigenvalue weighted by Gasteiger charge is 2.04. The molecule has 0 bridgehead atoms. The van der Waals surface area contributed by atoms with Crippen molar-refractivity contribution in [3.05, 3.63) is 34.5 Å². The summed E-state index contributed by atoms with van der Waals surface area (Å²) in [5.41, 5.74) is 8.09. The van der Waals surface area contributed by atoms with Gasteiger partial charge in [-0.2, -0.15) is 11.3 Å². The lowest BCUT2D eigenvalue weighted by Crippen LogP contribution is -2.33. The second-order valence-corrected chi connectivity index (χ2v) is 4.77. The van der Waals surface area contributed by atoms with E-state index in [4.69, 9.17) is 5.73 Å². The van der Waals surface area contributed by atoms with Crippen LogP contribution in [0, 0.1) is 0 Å². The van der Waals surface area contributed by atoms with Gasteiger partial charge in [-0.1, -0.05) is 19.1 Å². The number of nitrogens with one attached hydrogen (secondary N) is 1. The molecule has 3 N–H and O–H groups in total. The van der Waals surface area contributed by atoms with Crippen LogP contribution in [-0.2, 0) is 0 Å². The molecular weight excluding hydrogens is 218 g/mol. The summed E-state index contributed by atoms with van der Waals surface area (Å²) in [6.45, 7) is 9.29. The third-order valence-electron chi connectivity index (χ3n) is 2.22. The molecule has 0 fully saturated rings. The van der Waals surface area contributed by atoms with Crippen LogP contribution < -0.4 is 11.1 Å². The second-order valence-electron chi connectivity index (χ2n) is 3.99. The van der Waals surface area contributed by atoms with E-state index in [0.29, 0.717) is 25.0 Å². The van der Waals surface area contributed by atoms with Gasteiger partial charge >= 0.3 is 0 Å². The molecule has 0 aromatic carbocycles. The zero-order valence-corrected chi connectivity index (χ0v) is 10.7. The largest absolute Gasteiger partial charge is 0.370 e. The normalized spacial score (nSPS) is 13.5. The lowest BCUT2D eigenvalue weighted by atomic mass is 10.1. The van der Waals surface area contributed by atoms with Gasteiger partial charge in [-0.05, 0) is 29.3 Å². The van der Waals surface area contributed by atoms with Gasteiger partial charge in [0.05, 0.1) is 0 Å². The summed E-state index contributed by atoms with van der Waals surface area (Å²) < 4.78 is 0. The monoisotopic (exact) mass is 237 g/mol. The number of aliphatic imine (C=N–C) groups is 1. The lowest BCUT2D eigenvalue weighted by Gasteiger charge is -2.08. The van der Waals surface area contributed by atoms with E-state index in [1.807, 2.05) is 6.92 Å². The summed E-state index contributed by atoms with van der Waals surface area (Å²) in [5.74, 6) is 0.904. The zero-order valence-electron chi connectivity index (χ0n) is 9.86. The maximum absolute atomic E-state index is 5.72. The van der Waals surface area contributed by atoms with E-state index in [-0.39, 0.29) is 0 Å². The van der Waals surface area contributed by atoms with Gasteiger partial charge in [0, 0.05) is 19.0 Å². The molecule has 16 heavy (non-hydrogen) atoms. The van der Waals surface area contributed by atoms with Crippen molar-refractivity contribution in [1.29, 1.82) is 0 Å². The van der Waals surface area contributed by atoms with E-state index >= 15 is 0 Å². The Labute approximate surface area is 101 Å². The van der Waals surface area contributed by atoms with Crippen LogP contribution in [0.4, 0.5) is 0 Å². The molecule has 1 atom stereocenters. The van der Waals surface area contributed by atoms with Crippen LogP contribution in [0.5, 0.6) is 0 Å². The lowest BCUT2D eigenvalue weighted by molar-refractivity contribution is 0.771. The Morgan fingerprint density at radius 1 is 1.69 bits per heavy atom. The quantitative estimate of drug-likeness (QED) is 0.469. The van der Waals surface area contributed by atoms with Crippen molar-refractivity contribution in [1.82, 2.24) is 5.32 Å². The molecule has 1 aromatic heterocycles. The highest BCUT2D eigenvalue weighted by Crippen LogP contribution is 2.17. The topological polar surface area (TPSA) is 50.4 Å². The maximum Gasteiger partial charge on any atom is 0.188 e. The Balaban J connectivity index is 2.37. The number of guanidine groups is 1. The SMILES string of the molecule is C=C(C)CNC(N)=NCC(C)c1ccsc1. The Bertz CT molecular complexity index is 354. The van der Waals surface area contributed by atoms with Crippen LogP contribution in [0.25, 0.3) is 0 Å². The fourth-order valence-electron chi connectivity index (χ4n) is 1.19. The first kappa shape index (κ1) is 12.8. The van der Waals surface area contributed by atoms with Crippen LogP contribution in [0.15, 0.2) is 34.0 Å². The minimum absolute atomic E-state index is 0.413. The average Bonchev–Trinajstić information content (AvgIpc) is 2.76. The predicted octanol–water partition coefficient (Wildman–Crippen LogP) is 2.33. The summed E-state index contributed by atoms with van der Waals surface area (Å²) in [5, 5.41) is 7.25. The number of hydrogen-bond acceptors (Lipinski definition) is 2. The molecule has 0 amide bonds. The van der Waals surface area contributed by atoms with Gasteiger partial charge in [0.25, 0.3) is 0 Å². The number of thiophene rings is 1. The number of nitrogens with zero attached hydrogens (tertiary/aromatic N) is 1. The van der Waals surface area contributed by atoms with E-state index in [9.17, 15) is 0 Å². The van der Waals surface area contributed by atoms with E-state index in [0.717, 1.165) is 5.57 Å². The van der Waals surface area contributed by atoms with Crippen LogP contribution in [-0.4, -0.2) is 19.0 Å². The Morgan fingerprint density at radius 2 is 2.44 bits per heavy atom. The number of nitrogens with two attached hydrogens (primary N) is 1. The highest BCUT2D eigenvalue weighted by atomic mass is 32.1. The molecule has 0 aliphatic heterocycles. The van der Waals surface area contributed by atoms with Crippen LogP contribution in [0.3, 0.4) is 0 Å². The van der Waals surface area contributed by atoms with E-state index in [2.05, 4.69) is 40.6 Å². The molecule has 1 rings (SSSR count). The van der Waals surface area contributed by atoms with E-state index in [1.54, 1.807) is 11.3 Å². The number of hydrogen-bond donors (Lipinski definition) is 2. The summed E-state index contributed by atoms with van der Waals surface area (Å²) in [6.07, 6.45) is 0. The van der Waals surface area contributed by atoms with Crippen molar-refractivity contribution in [2.45, 2.75) is 19.8 Å². The molecule has 0 saturated carbocycles. The highest BCUT2D eigenvalue weighted by molar-refractivity contribution is 7.07. The van der Waals surface area contributed by atoms with Gasteiger partial charge < -0.3 is 11.1 Å². The molecule has 0 saturated heterocycles. The molecule has 0 spiro atoms. The predicted molar refractivity (Wildman–Crippen MR) is 72.0 cm³/mol. The van der Waals surface area contributed by atoms with E-state index < -0.39 is 0 Å². The van der Waals surface area contributed by atoms with Crippen molar-refractivity contribution < 1.29 is 0 Å². The molecule has 4 heteroatoms. The van der Waals surface area contributed by atoms with E-state index in [1.165, 1.54) is 5.56 Å². The van der Waals surface area contributed by atoms with Gasteiger partial charge in [-0.25, -0.2) is 0 Å². The Hall–Kier alpha value is -1.29. The Kier molecular flexibility index (Phi) is 5.05. The summed E-state index contributed by atoms with van der Waals surface area (Å²) >= 11 is 1.71. The minimum Gasteiger partial charge on any atom is -0.370 e. The van der Waals surface area contributed by atoms with Crippen molar-refractivity contribution in [3.8, 4) is 0 Å². The second kappa shape index (κ2) is 6.33. The molecule has 0 aliphatic rings. The molecular formula is C12H19N3S. The van der Waals surface area contributed by atoms with Gasteiger partial charge in [0.2, 0.25) is 0 Å². The van der Waals surface area contributed by atoms with Gasteiger partial charge in [0.15, 0.2) is 5.96 Å². The van der Waals surface area contributed by atoms with Crippen LogP contribution in [0.1, 0.15) is 25.3 Å². The van der Waals surface area contributed by atoms with Crippen molar-refractivity contribution >= 4 is 17.3 Å². The summed E-state index contributed by atoms with van der Waals surface area (Å²) in [7, 11) is 0. The average molecular weight is 237 g/mol. The van der Waals surface area contributed by atoms with Crippen LogP contribution in [0.2, 0.25) is 0 Å². The van der Waals surface area contributed by atoms with Crippen molar-refractivity contribution in [2.24, 2.45) is 10.7 Å². The molecule has 0 aliphatic carbocycles. The summed E-state index contributed by atoms with van der Waals surface area (Å²) in [6, 6.07) is 2.13. The third kappa shape index (κ3) is 4.49. The summed E-state index contributed by atoms with van der Waals surface area (Å²) in [4.78, 5) is 4.30. The molecule has 1 aromatic rings. The molecule has 0 radical (unpaired) electrons. The van der Waals surface area contributed by atoms with Gasteiger partial charge in [0.1, 0.15) is 0 Å². The standard InChI is InChI=1S/C12H19N3S/c1-9(2)6-14-12(13)15-7-10(3)11-4-5-16-8-11/h4-5,8,10H,1,6-7H2,2-3H3,(H3,13,14,15). The smallest absolute Gasteiger partial charge is 0.188 e. The fourth-order valence-corrected chi connectivity index (χ4v) is 1.98. The van der Waals surface area contributed by atoms with Gasteiger partial charge in [-0.15, -0.1) is 0 Å². The first-order valence-corrected chi connectivity index (χ1v) is 6.24. The van der Waals surface area contributed by atoms with Crippen molar-refractivity contribution in [2.75, 3.05) is 13.1 Å². The Morgan fingerprint density at radius 3 is 3.00 bits per heavy atom. The minimum atomic E-state index is 0.413. The third-order valence-corrected chi connectivity index (χ3v) is 2.92. The molecule has 1 heterocycles. The van der Waals surface area contributed by atoms with Gasteiger partial charge in [-0.3, -0.25) is 4.99 Å². The van der Waals surface area contributed by atoms with Crippen LogP contribution >= 0.6 is 11.3 Å². The first-order valence-electron chi connectivity index (χ1n) is 5.30. The zero-order chi connectivity index (χ0) is 12.0. The molecule has 1 unspecified atom stereocenters. The van der Waals surface area contributed by atoms with Crippen molar-refractivity contribution in [3.63, 3.8) is 0 Å². The number of rotatable bonds is 5.